The van der Waals surface area contributed by atoms with Crippen molar-refractivity contribution in [1.29, 1.82) is 0 Å². The van der Waals surface area contributed by atoms with Crippen LogP contribution in [0.15, 0.2) is 34.1 Å². The Morgan fingerprint density at radius 3 is 1.87 bits per heavy atom. The van der Waals surface area contributed by atoms with Crippen molar-refractivity contribution in [2.45, 2.75) is 64.2 Å². The second-order valence-electron chi connectivity index (χ2n) is 8.69. The van der Waals surface area contributed by atoms with Gasteiger partial charge in [-0.2, -0.15) is 4.31 Å². The molecular weight excluding hydrogens is 432 g/mol. The summed E-state index contributed by atoms with van der Waals surface area (Å²) in [5.41, 5.74) is 4.80. The molecule has 0 aromatic heterocycles. The Bertz CT molecular complexity index is 1170. The summed E-state index contributed by atoms with van der Waals surface area (Å²) < 4.78 is 56.4. The van der Waals surface area contributed by atoms with E-state index in [-0.39, 0.29) is 9.79 Å². The zero-order chi connectivity index (χ0) is 23.1. The van der Waals surface area contributed by atoms with E-state index in [0.717, 1.165) is 40.7 Å². The first-order valence-corrected chi connectivity index (χ1v) is 13.5. The number of hydrogen-bond donors (Lipinski definition) is 1. The Hall–Kier alpha value is -1.90. The Morgan fingerprint density at radius 2 is 1.35 bits per heavy atom. The molecule has 1 heterocycles. The van der Waals surface area contributed by atoms with Crippen LogP contribution < -0.4 is 4.72 Å². The van der Waals surface area contributed by atoms with Gasteiger partial charge in [0.25, 0.3) is 10.0 Å². The van der Waals surface area contributed by atoms with Gasteiger partial charge in [0.05, 0.1) is 9.79 Å². The minimum atomic E-state index is -3.82. The molecule has 1 saturated heterocycles. The highest BCUT2D eigenvalue weighted by molar-refractivity contribution is 7.92. The third kappa shape index (κ3) is 4.52. The van der Waals surface area contributed by atoms with Crippen molar-refractivity contribution < 1.29 is 16.8 Å². The van der Waals surface area contributed by atoms with E-state index in [4.69, 9.17) is 0 Å². The molecule has 1 unspecified atom stereocenters. The van der Waals surface area contributed by atoms with Gasteiger partial charge >= 0.3 is 0 Å². The molecule has 6 nitrogen and oxygen atoms in total. The summed E-state index contributed by atoms with van der Waals surface area (Å²) in [4.78, 5) is 0.464. The summed E-state index contributed by atoms with van der Waals surface area (Å²) in [6, 6.07) is 5.96. The van der Waals surface area contributed by atoms with E-state index in [1.807, 2.05) is 34.6 Å². The topological polar surface area (TPSA) is 83.5 Å². The molecule has 0 bridgehead atoms. The molecular formula is C23H32N2O4S2. The molecule has 1 N–H and O–H groups in total. The quantitative estimate of drug-likeness (QED) is 0.709. The molecule has 0 aliphatic carbocycles. The van der Waals surface area contributed by atoms with Crippen LogP contribution in [0.4, 0.5) is 5.69 Å². The molecule has 1 atom stereocenters. The monoisotopic (exact) mass is 464 g/mol. The molecule has 0 amide bonds. The number of sulfonamides is 2. The highest BCUT2D eigenvalue weighted by atomic mass is 32.2. The highest BCUT2D eigenvalue weighted by Crippen LogP contribution is 2.31. The van der Waals surface area contributed by atoms with Crippen molar-refractivity contribution in [3.63, 3.8) is 0 Å². The molecule has 1 aliphatic rings. The van der Waals surface area contributed by atoms with Crippen LogP contribution in [0.1, 0.15) is 47.6 Å². The Morgan fingerprint density at radius 1 is 0.839 bits per heavy atom. The maximum Gasteiger partial charge on any atom is 0.262 e. The van der Waals surface area contributed by atoms with E-state index in [1.165, 1.54) is 28.6 Å². The summed E-state index contributed by atoms with van der Waals surface area (Å²) in [6.07, 6.45) is 1.88. The Labute approximate surface area is 186 Å². The third-order valence-electron chi connectivity index (χ3n) is 6.56. The molecule has 0 radical (unpaired) electrons. The van der Waals surface area contributed by atoms with Gasteiger partial charge in [-0.15, -0.1) is 0 Å². The lowest BCUT2D eigenvalue weighted by atomic mass is 9.95. The second-order valence-corrected chi connectivity index (χ2v) is 12.3. The molecule has 1 aliphatic heterocycles. The van der Waals surface area contributed by atoms with Crippen molar-refractivity contribution in [3.05, 3.63) is 52.1 Å². The van der Waals surface area contributed by atoms with Crippen molar-refractivity contribution in [2.75, 3.05) is 17.8 Å². The maximum atomic E-state index is 13.2. The van der Waals surface area contributed by atoms with E-state index in [1.54, 1.807) is 0 Å². The van der Waals surface area contributed by atoms with Crippen molar-refractivity contribution in [3.8, 4) is 0 Å². The van der Waals surface area contributed by atoms with E-state index < -0.39 is 20.0 Å². The molecule has 1 fully saturated rings. The van der Waals surface area contributed by atoms with Gasteiger partial charge < -0.3 is 0 Å². The molecule has 2 aromatic carbocycles. The largest absolute Gasteiger partial charge is 0.280 e. The van der Waals surface area contributed by atoms with Gasteiger partial charge in [-0.3, -0.25) is 4.72 Å². The van der Waals surface area contributed by atoms with E-state index >= 15 is 0 Å². The van der Waals surface area contributed by atoms with Gasteiger partial charge in [0.2, 0.25) is 10.0 Å². The molecule has 170 valence electrons. The number of anilines is 1. The molecule has 3 rings (SSSR count). The van der Waals surface area contributed by atoms with Crippen LogP contribution in [0.25, 0.3) is 0 Å². The van der Waals surface area contributed by atoms with Gasteiger partial charge in [0.15, 0.2) is 0 Å². The number of rotatable bonds is 5. The standard InChI is InChI=1S/C23H32N2O4S2/c1-15-8-7-13-25(14-15)31(28,29)22-11-9-21(10-12-22)24-30(26,27)23-19(5)17(3)16(2)18(4)20(23)6/h9-12,15,24H,7-8,13-14H2,1-6H3. The lowest BCUT2D eigenvalue weighted by Crippen LogP contribution is -2.39. The van der Waals surface area contributed by atoms with Crippen LogP contribution in [0.2, 0.25) is 0 Å². The summed E-state index contributed by atoms with van der Waals surface area (Å²) in [5, 5.41) is 0. The number of nitrogens with one attached hydrogen (secondary N) is 1. The first-order valence-electron chi connectivity index (χ1n) is 10.6. The van der Waals surface area contributed by atoms with Crippen LogP contribution in [0, 0.1) is 40.5 Å². The predicted octanol–water partition coefficient (Wildman–Crippen LogP) is 4.45. The molecule has 0 saturated carbocycles. The van der Waals surface area contributed by atoms with E-state index in [9.17, 15) is 16.8 Å². The van der Waals surface area contributed by atoms with Gasteiger partial charge in [-0.1, -0.05) is 6.92 Å². The van der Waals surface area contributed by atoms with Crippen LogP contribution in [-0.2, 0) is 20.0 Å². The SMILES string of the molecule is Cc1c(C)c(C)c(S(=O)(=O)Nc2ccc(S(=O)(=O)N3CCCC(C)C3)cc2)c(C)c1C. The molecule has 2 aromatic rings. The normalized spacial score (nSPS) is 18.2. The second kappa shape index (κ2) is 8.56. The van der Waals surface area contributed by atoms with Crippen LogP contribution in [-0.4, -0.2) is 34.2 Å². The summed E-state index contributed by atoms with van der Waals surface area (Å²) in [6.45, 7) is 12.6. The van der Waals surface area contributed by atoms with Gasteiger partial charge in [-0.25, -0.2) is 16.8 Å². The summed E-state index contributed by atoms with van der Waals surface area (Å²) in [5.74, 6) is 0.336. The van der Waals surface area contributed by atoms with E-state index in [2.05, 4.69) is 11.6 Å². The Kier molecular flexibility index (Phi) is 6.56. The van der Waals surface area contributed by atoms with Crippen LogP contribution >= 0.6 is 0 Å². The smallest absolute Gasteiger partial charge is 0.262 e. The minimum absolute atomic E-state index is 0.180. The fourth-order valence-corrected chi connectivity index (χ4v) is 7.54. The maximum absolute atomic E-state index is 13.2. The average molecular weight is 465 g/mol. The number of benzene rings is 2. The predicted molar refractivity (Wildman–Crippen MR) is 125 cm³/mol. The van der Waals surface area contributed by atoms with E-state index in [0.29, 0.717) is 24.7 Å². The fourth-order valence-electron chi connectivity index (χ4n) is 4.28. The number of piperidine rings is 1. The first kappa shape index (κ1) is 23.8. The average Bonchev–Trinajstić information content (AvgIpc) is 2.71. The van der Waals surface area contributed by atoms with Crippen molar-refractivity contribution >= 4 is 25.7 Å². The third-order valence-corrected chi connectivity index (χ3v) is 10.1. The highest BCUT2D eigenvalue weighted by Gasteiger charge is 2.29. The van der Waals surface area contributed by atoms with Crippen LogP contribution in [0.5, 0.6) is 0 Å². The fraction of sp³-hybridized carbons (Fsp3) is 0.478. The first-order chi connectivity index (χ1) is 14.4. The lowest BCUT2D eigenvalue weighted by molar-refractivity contribution is 0.281. The Balaban J connectivity index is 1.90. The van der Waals surface area contributed by atoms with Crippen LogP contribution in [0.3, 0.4) is 0 Å². The minimum Gasteiger partial charge on any atom is -0.280 e. The number of hydrogen-bond acceptors (Lipinski definition) is 4. The van der Waals surface area contributed by atoms with Crippen molar-refractivity contribution in [2.24, 2.45) is 5.92 Å². The zero-order valence-corrected chi connectivity index (χ0v) is 20.7. The van der Waals surface area contributed by atoms with Crippen molar-refractivity contribution in [1.82, 2.24) is 4.31 Å². The van der Waals surface area contributed by atoms with Gasteiger partial charge in [-0.05, 0) is 105 Å². The summed E-state index contributed by atoms with van der Waals surface area (Å²) in [7, 11) is -7.40. The van der Waals surface area contributed by atoms with Gasteiger partial charge in [0, 0.05) is 18.8 Å². The number of nitrogens with zero attached hydrogens (tertiary/aromatic N) is 1. The molecule has 0 spiro atoms. The zero-order valence-electron chi connectivity index (χ0n) is 19.1. The summed E-state index contributed by atoms with van der Waals surface area (Å²) >= 11 is 0. The lowest BCUT2D eigenvalue weighted by Gasteiger charge is -2.30. The molecule has 8 heteroatoms. The van der Waals surface area contributed by atoms with Gasteiger partial charge in [0.1, 0.15) is 0 Å². The molecule has 31 heavy (non-hydrogen) atoms.